The van der Waals surface area contributed by atoms with E-state index in [1.807, 2.05) is 27.7 Å². The molecule has 2 aromatic rings. The first-order valence-corrected chi connectivity index (χ1v) is 7.46. The van der Waals surface area contributed by atoms with Crippen LogP contribution in [-0.4, -0.2) is 32.9 Å². The Bertz CT molecular complexity index is 667. The Morgan fingerprint density at radius 1 is 1.17 bits per heavy atom. The number of ether oxygens (including phenoxy) is 1. The molecular weight excluding hydrogens is 297 g/mol. The number of rotatable bonds is 5. The third-order valence-corrected chi connectivity index (χ3v) is 3.29. The Morgan fingerprint density at radius 3 is 2.43 bits per heavy atom. The minimum atomic E-state index is -0.490. The SMILES string of the molecule is CC(C)N(C(=O)c1cc(F)ccc1Oc1ccncn1)C(C)C. The number of carbonyl (C=O) groups excluding carboxylic acids is 1. The van der Waals surface area contributed by atoms with Gasteiger partial charge in [0.15, 0.2) is 0 Å². The van der Waals surface area contributed by atoms with E-state index in [0.717, 1.165) is 0 Å². The first-order valence-electron chi connectivity index (χ1n) is 7.46. The Labute approximate surface area is 135 Å². The number of carbonyl (C=O) groups is 1. The van der Waals surface area contributed by atoms with Gasteiger partial charge in [0.05, 0.1) is 5.56 Å². The van der Waals surface area contributed by atoms with Crippen LogP contribution in [0.4, 0.5) is 4.39 Å². The van der Waals surface area contributed by atoms with E-state index in [1.54, 1.807) is 11.0 Å². The van der Waals surface area contributed by atoms with Crippen LogP contribution in [0.25, 0.3) is 0 Å². The minimum absolute atomic E-state index is 0.0160. The van der Waals surface area contributed by atoms with Gasteiger partial charge in [-0.3, -0.25) is 4.79 Å². The molecule has 5 nitrogen and oxygen atoms in total. The fourth-order valence-corrected chi connectivity index (χ4v) is 2.41. The third-order valence-electron chi connectivity index (χ3n) is 3.29. The van der Waals surface area contributed by atoms with Crippen LogP contribution in [0, 0.1) is 5.82 Å². The molecular formula is C17H20FN3O2. The van der Waals surface area contributed by atoms with Gasteiger partial charge in [0.2, 0.25) is 5.88 Å². The van der Waals surface area contributed by atoms with Gasteiger partial charge in [-0.15, -0.1) is 0 Å². The maximum atomic E-state index is 13.7. The van der Waals surface area contributed by atoms with E-state index in [2.05, 4.69) is 9.97 Å². The van der Waals surface area contributed by atoms with Crippen LogP contribution in [0.3, 0.4) is 0 Å². The molecule has 0 radical (unpaired) electrons. The summed E-state index contributed by atoms with van der Waals surface area (Å²) in [5, 5.41) is 0. The molecule has 0 fully saturated rings. The van der Waals surface area contributed by atoms with Crippen molar-refractivity contribution in [3.05, 3.63) is 48.2 Å². The van der Waals surface area contributed by atoms with Crippen molar-refractivity contribution in [1.82, 2.24) is 14.9 Å². The average molecular weight is 317 g/mol. The molecule has 0 saturated heterocycles. The molecule has 1 heterocycles. The molecule has 6 heteroatoms. The number of nitrogens with zero attached hydrogens (tertiary/aromatic N) is 3. The normalized spacial score (nSPS) is 10.9. The highest BCUT2D eigenvalue weighted by molar-refractivity contribution is 5.97. The molecule has 2 rings (SSSR count). The molecule has 0 N–H and O–H groups in total. The molecule has 0 aliphatic heterocycles. The van der Waals surface area contributed by atoms with Crippen molar-refractivity contribution < 1.29 is 13.9 Å². The van der Waals surface area contributed by atoms with Gasteiger partial charge in [0, 0.05) is 24.3 Å². The lowest BCUT2D eigenvalue weighted by molar-refractivity contribution is 0.0640. The van der Waals surface area contributed by atoms with Crippen LogP contribution in [0.1, 0.15) is 38.1 Å². The molecule has 0 bridgehead atoms. The largest absolute Gasteiger partial charge is 0.438 e. The van der Waals surface area contributed by atoms with Crippen LogP contribution >= 0.6 is 0 Å². The van der Waals surface area contributed by atoms with E-state index in [0.29, 0.717) is 5.88 Å². The zero-order chi connectivity index (χ0) is 17.0. The third kappa shape index (κ3) is 4.03. The highest BCUT2D eigenvalue weighted by Gasteiger charge is 2.25. The summed E-state index contributed by atoms with van der Waals surface area (Å²) >= 11 is 0. The summed E-state index contributed by atoms with van der Waals surface area (Å²) in [6.07, 6.45) is 2.87. The number of hydrogen-bond donors (Lipinski definition) is 0. The molecule has 23 heavy (non-hydrogen) atoms. The van der Waals surface area contributed by atoms with Crippen LogP contribution in [0.5, 0.6) is 11.6 Å². The van der Waals surface area contributed by atoms with Gasteiger partial charge >= 0.3 is 0 Å². The predicted molar refractivity (Wildman–Crippen MR) is 84.9 cm³/mol. The van der Waals surface area contributed by atoms with Gasteiger partial charge in [-0.05, 0) is 45.9 Å². The van der Waals surface area contributed by atoms with E-state index in [9.17, 15) is 9.18 Å². The van der Waals surface area contributed by atoms with Crippen molar-refractivity contribution in [3.63, 3.8) is 0 Å². The Kier molecular flexibility index (Phi) is 5.26. The van der Waals surface area contributed by atoms with E-state index in [1.165, 1.54) is 30.7 Å². The van der Waals surface area contributed by atoms with E-state index >= 15 is 0 Å². The van der Waals surface area contributed by atoms with Crippen molar-refractivity contribution in [1.29, 1.82) is 0 Å². The molecule has 0 atom stereocenters. The van der Waals surface area contributed by atoms with Crippen molar-refractivity contribution in [2.45, 2.75) is 39.8 Å². The van der Waals surface area contributed by atoms with Crippen molar-refractivity contribution in [3.8, 4) is 11.6 Å². The molecule has 1 amide bonds. The predicted octanol–water partition coefficient (Wildman–Crippen LogP) is 3.67. The number of aromatic nitrogens is 2. The molecule has 0 aliphatic rings. The topological polar surface area (TPSA) is 55.3 Å². The highest BCUT2D eigenvalue weighted by Crippen LogP contribution is 2.27. The van der Waals surface area contributed by atoms with Gasteiger partial charge in [-0.25, -0.2) is 14.4 Å². The lowest BCUT2D eigenvalue weighted by Crippen LogP contribution is -2.42. The lowest BCUT2D eigenvalue weighted by atomic mass is 10.1. The second-order valence-corrected chi connectivity index (χ2v) is 5.69. The lowest BCUT2D eigenvalue weighted by Gasteiger charge is -2.31. The van der Waals surface area contributed by atoms with Gasteiger partial charge in [0.25, 0.3) is 5.91 Å². The summed E-state index contributed by atoms with van der Waals surface area (Å²) in [4.78, 5) is 22.3. The monoisotopic (exact) mass is 317 g/mol. The smallest absolute Gasteiger partial charge is 0.258 e. The van der Waals surface area contributed by atoms with Gasteiger partial charge in [0.1, 0.15) is 17.9 Å². The summed E-state index contributed by atoms with van der Waals surface area (Å²) in [5.74, 6) is -0.211. The summed E-state index contributed by atoms with van der Waals surface area (Å²) < 4.78 is 19.3. The number of amides is 1. The van der Waals surface area contributed by atoms with Gasteiger partial charge < -0.3 is 9.64 Å². The first-order chi connectivity index (χ1) is 10.9. The summed E-state index contributed by atoms with van der Waals surface area (Å²) in [5.41, 5.74) is 0.172. The standard InChI is InChI=1S/C17H20FN3O2/c1-11(2)21(12(3)4)17(22)14-9-13(18)5-6-15(14)23-16-7-8-19-10-20-16/h5-12H,1-4H3. The molecule has 122 valence electrons. The maximum Gasteiger partial charge on any atom is 0.258 e. The van der Waals surface area contributed by atoms with Crippen LogP contribution < -0.4 is 4.74 Å². The highest BCUT2D eigenvalue weighted by atomic mass is 19.1. The number of hydrogen-bond acceptors (Lipinski definition) is 4. The second-order valence-electron chi connectivity index (χ2n) is 5.69. The molecule has 0 spiro atoms. The van der Waals surface area contributed by atoms with Crippen molar-refractivity contribution in [2.24, 2.45) is 0 Å². The molecule has 1 aromatic carbocycles. The molecule has 1 aromatic heterocycles. The average Bonchev–Trinajstić information content (AvgIpc) is 2.49. The second kappa shape index (κ2) is 7.17. The van der Waals surface area contributed by atoms with E-state index in [-0.39, 0.29) is 29.3 Å². The molecule has 0 saturated carbocycles. The Morgan fingerprint density at radius 2 is 1.87 bits per heavy atom. The summed E-state index contributed by atoms with van der Waals surface area (Å²) in [6.45, 7) is 7.68. The quantitative estimate of drug-likeness (QED) is 0.844. The van der Waals surface area contributed by atoms with Crippen molar-refractivity contribution in [2.75, 3.05) is 0 Å². The fraction of sp³-hybridized carbons (Fsp3) is 0.353. The zero-order valence-electron chi connectivity index (χ0n) is 13.7. The summed E-state index contributed by atoms with van der Waals surface area (Å²) in [6, 6.07) is 5.42. The maximum absolute atomic E-state index is 13.7. The Hall–Kier alpha value is -2.50. The number of halogens is 1. The zero-order valence-corrected chi connectivity index (χ0v) is 13.7. The first kappa shape index (κ1) is 16.9. The van der Waals surface area contributed by atoms with Gasteiger partial charge in [-0.2, -0.15) is 0 Å². The van der Waals surface area contributed by atoms with Gasteiger partial charge in [-0.1, -0.05) is 0 Å². The van der Waals surface area contributed by atoms with E-state index in [4.69, 9.17) is 4.74 Å². The minimum Gasteiger partial charge on any atom is -0.438 e. The summed E-state index contributed by atoms with van der Waals surface area (Å²) in [7, 11) is 0. The Balaban J connectivity index is 2.40. The molecule has 0 unspecified atom stereocenters. The van der Waals surface area contributed by atoms with Crippen LogP contribution in [0.2, 0.25) is 0 Å². The van der Waals surface area contributed by atoms with Crippen molar-refractivity contribution >= 4 is 5.91 Å². The fourth-order valence-electron chi connectivity index (χ4n) is 2.41. The molecule has 0 aliphatic carbocycles. The van der Waals surface area contributed by atoms with Crippen LogP contribution in [0.15, 0.2) is 36.8 Å². The number of benzene rings is 1. The van der Waals surface area contributed by atoms with E-state index < -0.39 is 5.82 Å². The van der Waals surface area contributed by atoms with Crippen LogP contribution in [-0.2, 0) is 0 Å².